The first-order valence-electron chi connectivity index (χ1n) is 6.86. The summed E-state index contributed by atoms with van der Waals surface area (Å²) < 4.78 is 10.9. The van der Waals surface area contributed by atoms with Gasteiger partial charge in [0.2, 0.25) is 0 Å². The predicted molar refractivity (Wildman–Crippen MR) is 71.8 cm³/mol. The molecule has 0 aromatic carbocycles. The Kier molecular flexibility index (Phi) is 7.11. The van der Waals surface area contributed by atoms with Crippen LogP contribution in [0.5, 0.6) is 0 Å². The quantitative estimate of drug-likeness (QED) is 0.647. The van der Waals surface area contributed by atoms with E-state index in [0.29, 0.717) is 19.7 Å². The molecule has 0 radical (unpaired) electrons. The lowest BCUT2D eigenvalue weighted by Gasteiger charge is -2.29. The maximum absolute atomic E-state index is 9.94. The van der Waals surface area contributed by atoms with Gasteiger partial charge < -0.3 is 19.9 Å². The van der Waals surface area contributed by atoms with Crippen LogP contribution >= 0.6 is 0 Å². The molecule has 1 atom stereocenters. The van der Waals surface area contributed by atoms with Crippen LogP contribution < -0.4 is 5.32 Å². The number of nitrogens with one attached hydrogen (secondary N) is 1. The summed E-state index contributed by atoms with van der Waals surface area (Å²) in [6.07, 6.45) is -0.333. The van der Waals surface area contributed by atoms with E-state index in [1.807, 2.05) is 6.92 Å². The van der Waals surface area contributed by atoms with Gasteiger partial charge in [-0.2, -0.15) is 0 Å². The minimum Gasteiger partial charge on any atom is -0.390 e. The molecule has 1 heterocycles. The minimum absolute atomic E-state index is 0.173. The zero-order valence-electron chi connectivity index (χ0n) is 11.9. The summed E-state index contributed by atoms with van der Waals surface area (Å²) in [5.74, 6) is 0. The Bertz CT molecular complexity index is 218. The van der Waals surface area contributed by atoms with Gasteiger partial charge in [-0.05, 0) is 20.8 Å². The van der Waals surface area contributed by atoms with E-state index in [2.05, 4.69) is 24.1 Å². The number of morpholine rings is 1. The third-order valence-corrected chi connectivity index (χ3v) is 3.04. The first-order chi connectivity index (χ1) is 8.53. The van der Waals surface area contributed by atoms with Gasteiger partial charge in [-0.1, -0.05) is 0 Å². The van der Waals surface area contributed by atoms with Crippen LogP contribution in [0.15, 0.2) is 0 Å². The van der Waals surface area contributed by atoms with Crippen LogP contribution in [0.3, 0.4) is 0 Å². The van der Waals surface area contributed by atoms with Gasteiger partial charge in [0.1, 0.15) is 0 Å². The summed E-state index contributed by atoms with van der Waals surface area (Å²) in [7, 11) is 0. The molecule has 5 nitrogen and oxygen atoms in total. The van der Waals surface area contributed by atoms with Gasteiger partial charge in [0.15, 0.2) is 0 Å². The van der Waals surface area contributed by atoms with E-state index in [9.17, 15) is 5.11 Å². The highest BCUT2D eigenvalue weighted by Gasteiger charge is 2.18. The Morgan fingerprint density at radius 3 is 2.67 bits per heavy atom. The third kappa shape index (κ3) is 6.66. The number of rotatable bonds is 8. The first kappa shape index (κ1) is 15.9. The van der Waals surface area contributed by atoms with Crippen molar-refractivity contribution < 1.29 is 14.6 Å². The molecule has 0 bridgehead atoms. The molecule has 1 saturated heterocycles. The fourth-order valence-electron chi connectivity index (χ4n) is 2.13. The summed E-state index contributed by atoms with van der Waals surface area (Å²) in [5, 5.41) is 13.2. The zero-order valence-corrected chi connectivity index (χ0v) is 11.9. The van der Waals surface area contributed by atoms with Crippen molar-refractivity contribution in [2.45, 2.75) is 32.5 Å². The van der Waals surface area contributed by atoms with Crippen LogP contribution in [0.25, 0.3) is 0 Å². The van der Waals surface area contributed by atoms with Crippen molar-refractivity contribution in [1.29, 1.82) is 0 Å². The summed E-state index contributed by atoms with van der Waals surface area (Å²) in [6.45, 7) is 12.3. The molecule has 1 rings (SSSR count). The topological polar surface area (TPSA) is 54.0 Å². The van der Waals surface area contributed by atoms with Gasteiger partial charge in [-0.15, -0.1) is 0 Å². The van der Waals surface area contributed by atoms with E-state index in [1.54, 1.807) is 0 Å². The molecule has 1 aliphatic heterocycles. The molecule has 108 valence electrons. The largest absolute Gasteiger partial charge is 0.390 e. The molecule has 0 aliphatic carbocycles. The highest BCUT2D eigenvalue weighted by Crippen LogP contribution is 2.06. The number of aliphatic hydroxyl groups excluding tert-OH is 1. The number of ether oxygens (including phenoxy) is 2. The van der Waals surface area contributed by atoms with Crippen LogP contribution in [0.2, 0.25) is 0 Å². The molecular weight excluding hydrogens is 232 g/mol. The monoisotopic (exact) mass is 260 g/mol. The van der Waals surface area contributed by atoms with Crippen LogP contribution in [-0.4, -0.2) is 74.3 Å². The fourth-order valence-corrected chi connectivity index (χ4v) is 2.13. The van der Waals surface area contributed by atoms with E-state index in [1.165, 1.54) is 0 Å². The lowest BCUT2D eigenvalue weighted by atomic mass is 10.1. The van der Waals surface area contributed by atoms with Crippen LogP contribution in [0.4, 0.5) is 0 Å². The second kappa shape index (κ2) is 8.07. The van der Waals surface area contributed by atoms with Gasteiger partial charge in [0, 0.05) is 39.3 Å². The number of nitrogens with zero attached hydrogens (tertiary/aromatic N) is 1. The second-order valence-electron chi connectivity index (χ2n) is 5.39. The maximum atomic E-state index is 9.94. The molecule has 1 aliphatic rings. The molecular formula is C13H28N2O3. The molecule has 5 heteroatoms. The number of aliphatic hydroxyl groups is 1. The lowest BCUT2D eigenvalue weighted by molar-refractivity contribution is -0.0128. The molecule has 0 amide bonds. The zero-order chi connectivity index (χ0) is 13.4. The highest BCUT2D eigenvalue weighted by atomic mass is 16.5. The number of hydrogen-bond donors (Lipinski definition) is 2. The van der Waals surface area contributed by atoms with E-state index >= 15 is 0 Å². The first-order valence-corrected chi connectivity index (χ1v) is 6.86. The van der Waals surface area contributed by atoms with Crippen molar-refractivity contribution in [3.05, 3.63) is 0 Å². The van der Waals surface area contributed by atoms with Crippen molar-refractivity contribution in [3.63, 3.8) is 0 Å². The van der Waals surface area contributed by atoms with E-state index in [4.69, 9.17) is 9.47 Å². The van der Waals surface area contributed by atoms with Gasteiger partial charge in [-0.25, -0.2) is 0 Å². The fraction of sp³-hybridized carbons (Fsp3) is 1.00. The predicted octanol–water partition coefficient (Wildman–Crippen LogP) is 0.0842. The summed E-state index contributed by atoms with van der Waals surface area (Å²) >= 11 is 0. The number of hydrogen-bond acceptors (Lipinski definition) is 5. The van der Waals surface area contributed by atoms with E-state index < -0.39 is 0 Å². The van der Waals surface area contributed by atoms with Crippen molar-refractivity contribution in [1.82, 2.24) is 10.2 Å². The van der Waals surface area contributed by atoms with Crippen LogP contribution in [-0.2, 0) is 9.47 Å². The maximum Gasteiger partial charge on any atom is 0.0791 e. The molecule has 0 aromatic rings. The SMILES string of the molecule is CCOC(C)(C)CNCC(O)CN1CCOCC1. The van der Waals surface area contributed by atoms with Gasteiger partial charge in [0.05, 0.1) is 24.9 Å². The molecule has 0 saturated carbocycles. The Morgan fingerprint density at radius 2 is 2.06 bits per heavy atom. The Hall–Kier alpha value is -0.200. The highest BCUT2D eigenvalue weighted by molar-refractivity contribution is 4.74. The van der Waals surface area contributed by atoms with Crippen LogP contribution in [0.1, 0.15) is 20.8 Å². The molecule has 0 spiro atoms. The van der Waals surface area contributed by atoms with Gasteiger partial charge in [0.25, 0.3) is 0 Å². The van der Waals surface area contributed by atoms with Crippen LogP contribution in [0, 0.1) is 0 Å². The Morgan fingerprint density at radius 1 is 1.39 bits per heavy atom. The third-order valence-electron chi connectivity index (χ3n) is 3.04. The van der Waals surface area contributed by atoms with E-state index in [-0.39, 0.29) is 11.7 Å². The van der Waals surface area contributed by atoms with Gasteiger partial charge in [-0.3, -0.25) is 4.90 Å². The molecule has 1 fully saturated rings. The molecule has 18 heavy (non-hydrogen) atoms. The summed E-state index contributed by atoms with van der Waals surface area (Å²) in [5.41, 5.74) is -0.173. The van der Waals surface area contributed by atoms with Crippen molar-refractivity contribution in [3.8, 4) is 0 Å². The lowest BCUT2D eigenvalue weighted by Crippen LogP contribution is -2.46. The average Bonchev–Trinajstić information content (AvgIpc) is 2.29. The minimum atomic E-state index is -0.333. The molecule has 2 N–H and O–H groups in total. The summed E-state index contributed by atoms with van der Waals surface area (Å²) in [6, 6.07) is 0. The van der Waals surface area contributed by atoms with Crippen molar-refractivity contribution in [2.24, 2.45) is 0 Å². The van der Waals surface area contributed by atoms with E-state index in [0.717, 1.165) is 32.8 Å². The van der Waals surface area contributed by atoms with Crippen molar-refractivity contribution in [2.75, 3.05) is 52.5 Å². The summed E-state index contributed by atoms with van der Waals surface area (Å²) in [4.78, 5) is 2.24. The smallest absolute Gasteiger partial charge is 0.0791 e. The van der Waals surface area contributed by atoms with Gasteiger partial charge >= 0.3 is 0 Å². The number of β-amino-alcohol motifs (C(OH)–C–C–N with tert-alkyl or cyclic N) is 1. The Labute approximate surface area is 110 Å². The Balaban J connectivity index is 2.10. The van der Waals surface area contributed by atoms with Crippen molar-refractivity contribution >= 4 is 0 Å². The average molecular weight is 260 g/mol. The standard InChI is InChI=1S/C13H28N2O3/c1-4-18-13(2,3)11-14-9-12(16)10-15-5-7-17-8-6-15/h12,14,16H,4-11H2,1-3H3. The molecule has 1 unspecified atom stereocenters. The normalized spacial score (nSPS) is 20.0. The second-order valence-corrected chi connectivity index (χ2v) is 5.39. The molecule has 0 aromatic heterocycles.